The predicted molar refractivity (Wildman–Crippen MR) is 94.9 cm³/mol. The van der Waals surface area contributed by atoms with Gasteiger partial charge in [0.05, 0.1) is 0 Å². The molecular formula is C17H18BrF3O3S. The van der Waals surface area contributed by atoms with Crippen LogP contribution in [0.3, 0.4) is 0 Å². The second-order valence-electron chi connectivity index (χ2n) is 4.89. The normalized spacial score (nSPS) is 11.4. The van der Waals surface area contributed by atoms with Crippen LogP contribution < -0.4 is 4.18 Å². The van der Waals surface area contributed by atoms with Gasteiger partial charge < -0.3 is 4.18 Å². The molecule has 0 amide bonds. The third-order valence-electron chi connectivity index (χ3n) is 3.18. The molecule has 0 saturated carbocycles. The van der Waals surface area contributed by atoms with Crippen LogP contribution in [0.1, 0.15) is 25.0 Å². The highest BCUT2D eigenvalue weighted by Crippen LogP contribution is 2.28. The Morgan fingerprint density at radius 2 is 1.40 bits per heavy atom. The average Bonchev–Trinajstić information content (AvgIpc) is 2.55. The van der Waals surface area contributed by atoms with E-state index in [4.69, 9.17) is 0 Å². The summed E-state index contributed by atoms with van der Waals surface area (Å²) in [5.41, 5.74) is -3.64. The highest BCUT2D eigenvalue weighted by Gasteiger charge is 2.48. The van der Waals surface area contributed by atoms with Gasteiger partial charge in [0, 0.05) is 4.47 Å². The molecule has 0 N–H and O–H groups in total. The topological polar surface area (TPSA) is 43.4 Å². The molecule has 0 aliphatic rings. The van der Waals surface area contributed by atoms with Crippen molar-refractivity contribution in [2.45, 2.75) is 32.2 Å². The monoisotopic (exact) mass is 438 g/mol. The summed E-state index contributed by atoms with van der Waals surface area (Å²) in [4.78, 5) is 0. The van der Waals surface area contributed by atoms with Gasteiger partial charge in [0.1, 0.15) is 5.75 Å². The molecular weight excluding hydrogens is 421 g/mol. The molecule has 0 fully saturated rings. The largest absolute Gasteiger partial charge is 0.534 e. The van der Waals surface area contributed by atoms with Crippen LogP contribution in [0.4, 0.5) is 13.2 Å². The van der Waals surface area contributed by atoms with Crippen LogP contribution in [-0.4, -0.2) is 13.9 Å². The summed E-state index contributed by atoms with van der Waals surface area (Å²) in [6, 6.07) is 14.0. The number of rotatable bonds is 4. The summed E-state index contributed by atoms with van der Waals surface area (Å²) in [5.74, 6) is -0.290. The zero-order chi connectivity index (χ0) is 19.1. The van der Waals surface area contributed by atoms with Gasteiger partial charge in [-0.25, -0.2) is 0 Å². The van der Waals surface area contributed by atoms with Crippen LogP contribution in [0.15, 0.2) is 53.0 Å². The predicted octanol–water partition coefficient (Wildman–Crippen LogP) is 5.49. The van der Waals surface area contributed by atoms with Crippen molar-refractivity contribution in [2.75, 3.05) is 0 Å². The molecule has 2 rings (SSSR count). The molecule has 0 unspecified atom stereocenters. The number of benzene rings is 2. The lowest BCUT2D eigenvalue weighted by Gasteiger charge is -2.11. The van der Waals surface area contributed by atoms with Crippen molar-refractivity contribution in [3.8, 4) is 5.75 Å². The summed E-state index contributed by atoms with van der Waals surface area (Å²) in [6.45, 7) is 3.84. The van der Waals surface area contributed by atoms with Gasteiger partial charge in [-0.3, -0.25) is 0 Å². The van der Waals surface area contributed by atoms with E-state index in [-0.39, 0.29) is 5.75 Å². The lowest BCUT2D eigenvalue weighted by molar-refractivity contribution is -0.0500. The fourth-order valence-corrected chi connectivity index (χ4v) is 2.89. The van der Waals surface area contributed by atoms with Crippen molar-refractivity contribution in [2.24, 2.45) is 0 Å². The van der Waals surface area contributed by atoms with E-state index in [9.17, 15) is 21.6 Å². The second kappa shape index (κ2) is 9.24. The number of aryl methyl sites for hydroxylation is 2. The SMILES string of the molecule is CCc1ccccc1Br.CCc1ccccc1OS(=O)(=O)C(F)(F)F. The van der Waals surface area contributed by atoms with Gasteiger partial charge in [0.25, 0.3) is 0 Å². The van der Waals surface area contributed by atoms with E-state index < -0.39 is 15.6 Å². The smallest absolute Gasteiger partial charge is 0.376 e. The van der Waals surface area contributed by atoms with E-state index in [1.54, 1.807) is 13.0 Å². The van der Waals surface area contributed by atoms with E-state index in [0.717, 1.165) is 6.42 Å². The van der Waals surface area contributed by atoms with E-state index >= 15 is 0 Å². The molecule has 0 atom stereocenters. The van der Waals surface area contributed by atoms with E-state index in [1.165, 1.54) is 28.2 Å². The summed E-state index contributed by atoms with van der Waals surface area (Å²) in [6.07, 6.45) is 1.48. The molecule has 0 radical (unpaired) electrons. The first kappa shape index (κ1) is 21.5. The van der Waals surface area contributed by atoms with Crippen LogP contribution in [0.5, 0.6) is 5.75 Å². The minimum absolute atomic E-state index is 0.290. The first-order chi connectivity index (χ1) is 11.6. The molecule has 138 valence electrons. The summed E-state index contributed by atoms with van der Waals surface area (Å²) < 4.78 is 62.9. The molecule has 3 nitrogen and oxygen atoms in total. The number of alkyl halides is 3. The summed E-state index contributed by atoms with van der Waals surface area (Å²) in [7, 11) is -5.58. The van der Waals surface area contributed by atoms with Gasteiger partial charge in [-0.05, 0) is 36.1 Å². The van der Waals surface area contributed by atoms with Crippen molar-refractivity contribution in [1.82, 2.24) is 0 Å². The van der Waals surface area contributed by atoms with Crippen molar-refractivity contribution in [3.05, 3.63) is 64.1 Å². The fourth-order valence-electron chi connectivity index (χ4n) is 1.83. The van der Waals surface area contributed by atoms with Crippen LogP contribution >= 0.6 is 15.9 Å². The Morgan fingerprint density at radius 3 is 1.84 bits per heavy atom. The quantitative estimate of drug-likeness (QED) is 0.468. The highest BCUT2D eigenvalue weighted by atomic mass is 79.9. The fraction of sp³-hybridized carbons (Fsp3) is 0.294. The number of para-hydroxylation sites is 1. The molecule has 0 aliphatic heterocycles. The Kier molecular flexibility index (Phi) is 7.95. The minimum Gasteiger partial charge on any atom is -0.376 e. The molecule has 0 spiro atoms. The van der Waals surface area contributed by atoms with Gasteiger partial charge >= 0.3 is 15.6 Å². The van der Waals surface area contributed by atoms with Crippen LogP contribution in [0.25, 0.3) is 0 Å². The van der Waals surface area contributed by atoms with E-state index in [0.29, 0.717) is 12.0 Å². The Labute approximate surface area is 154 Å². The van der Waals surface area contributed by atoms with E-state index in [2.05, 4.69) is 45.2 Å². The molecule has 0 aliphatic carbocycles. The lowest BCUT2D eigenvalue weighted by atomic mass is 10.1. The molecule has 2 aromatic rings. The third-order valence-corrected chi connectivity index (χ3v) is 4.91. The molecule has 0 bridgehead atoms. The van der Waals surface area contributed by atoms with Crippen molar-refractivity contribution in [3.63, 3.8) is 0 Å². The van der Waals surface area contributed by atoms with E-state index in [1.807, 2.05) is 6.07 Å². The first-order valence-electron chi connectivity index (χ1n) is 7.44. The van der Waals surface area contributed by atoms with Gasteiger partial charge in [0.15, 0.2) is 0 Å². The van der Waals surface area contributed by atoms with Gasteiger partial charge in [-0.2, -0.15) is 21.6 Å². The number of hydrogen-bond donors (Lipinski definition) is 0. The zero-order valence-electron chi connectivity index (χ0n) is 13.7. The minimum atomic E-state index is -5.58. The maximum atomic E-state index is 12.0. The molecule has 8 heteroatoms. The maximum absolute atomic E-state index is 12.0. The number of hydrogen-bond acceptors (Lipinski definition) is 3. The van der Waals surface area contributed by atoms with Crippen LogP contribution in [0, 0.1) is 0 Å². The molecule has 2 aromatic carbocycles. The van der Waals surface area contributed by atoms with Crippen molar-refractivity contribution in [1.29, 1.82) is 0 Å². The van der Waals surface area contributed by atoms with Crippen LogP contribution in [0.2, 0.25) is 0 Å². The maximum Gasteiger partial charge on any atom is 0.534 e. The number of halogens is 4. The van der Waals surface area contributed by atoms with Crippen LogP contribution in [-0.2, 0) is 23.0 Å². The Balaban J connectivity index is 0.000000293. The van der Waals surface area contributed by atoms with Gasteiger partial charge in [0.2, 0.25) is 0 Å². The third kappa shape index (κ3) is 6.36. The molecule has 0 heterocycles. The summed E-state index contributed by atoms with van der Waals surface area (Å²) in [5, 5.41) is 0. The molecule has 25 heavy (non-hydrogen) atoms. The van der Waals surface area contributed by atoms with Gasteiger partial charge in [-0.15, -0.1) is 0 Å². The highest BCUT2D eigenvalue weighted by molar-refractivity contribution is 9.10. The van der Waals surface area contributed by atoms with Crippen molar-refractivity contribution < 1.29 is 25.8 Å². The second-order valence-corrected chi connectivity index (χ2v) is 7.28. The average molecular weight is 439 g/mol. The molecule has 0 saturated heterocycles. The molecule has 0 aromatic heterocycles. The van der Waals surface area contributed by atoms with Gasteiger partial charge in [-0.1, -0.05) is 66.2 Å². The zero-order valence-corrected chi connectivity index (χ0v) is 16.1. The Morgan fingerprint density at radius 1 is 0.920 bits per heavy atom. The standard InChI is InChI=1S/C9H9F3O3S.C8H9Br/c1-2-7-5-3-4-6-8(7)15-16(13,14)9(10,11)12;1-2-7-5-3-4-6-8(7)9/h3-6H,2H2,1H3;3-6H,2H2,1H3. The van der Waals surface area contributed by atoms with Crippen molar-refractivity contribution >= 4 is 26.0 Å². The Hall–Kier alpha value is -1.54. The lowest BCUT2D eigenvalue weighted by Crippen LogP contribution is -2.28. The Bertz CT molecular complexity index is 790. The summed E-state index contributed by atoms with van der Waals surface area (Å²) >= 11 is 3.46. The first-order valence-corrected chi connectivity index (χ1v) is 9.64.